The number of hydrogen-bond donors (Lipinski definition) is 0. The fourth-order valence-corrected chi connectivity index (χ4v) is 4.76. The maximum absolute atomic E-state index is 7.98. The van der Waals surface area contributed by atoms with Crippen LogP contribution in [-0.2, 0) is 0 Å². The fraction of sp³-hybridized carbons (Fsp3) is 0. The van der Waals surface area contributed by atoms with Gasteiger partial charge in [-0.05, 0) is 83.9 Å². The molecule has 0 aliphatic heterocycles. The second-order valence-corrected chi connectivity index (χ2v) is 9.03. The van der Waals surface area contributed by atoms with Crippen LogP contribution in [0.1, 0.15) is 1.37 Å². The molecule has 2 nitrogen and oxygen atoms in total. The predicted octanol–water partition coefficient (Wildman–Crippen LogP) is 10.3. The highest BCUT2D eigenvalue weighted by Crippen LogP contribution is 2.39. The Morgan fingerprint density at radius 2 is 0.579 bits per heavy atom. The van der Waals surface area contributed by atoms with Crippen molar-refractivity contribution in [1.29, 1.82) is 0 Å². The molecule has 0 radical (unpaired) electrons. The Labute approximate surface area is 226 Å². The van der Waals surface area contributed by atoms with Gasteiger partial charge in [0.1, 0.15) is 0 Å². The Kier molecular flexibility index (Phi) is 6.35. The summed E-state index contributed by atoms with van der Waals surface area (Å²) in [4.78, 5) is 4.49. The first-order chi connectivity index (χ1) is 19.3. The Bertz CT molecular complexity index is 1580. The molecule has 0 aliphatic carbocycles. The van der Waals surface area contributed by atoms with Gasteiger partial charge in [-0.3, -0.25) is 0 Å². The van der Waals surface area contributed by atoms with Crippen molar-refractivity contribution in [2.75, 3.05) is 9.80 Å². The quantitative estimate of drug-likeness (QED) is 0.220. The van der Waals surface area contributed by atoms with Crippen LogP contribution in [0.2, 0.25) is 0 Å². The van der Waals surface area contributed by atoms with Crippen LogP contribution in [-0.4, -0.2) is 0 Å². The Balaban J connectivity index is 1.39. The SMILES string of the molecule is [3H]c1ccc(N(c2ccc(-c3ccccc3)cc2)c2ccc(N(c3ccccc3)c3ccccc3)cc2)cc1. The average Bonchev–Trinajstić information content (AvgIpc) is 3.01. The standard InChI is InChI=1S/C36H28N2/c1-5-13-29(14-6-1)30-21-23-34(24-22-30)38(33-19-11-4-12-20-33)36-27-25-35(26-28-36)37(31-15-7-2-8-16-31)32-17-9-3-10-18-32/h1-28H/i4T. The molecule has 0 aliphatic rings. The molecule has 0 saturated carbocycles. The van der Waals surface area contributed by atoms with E-state index < -0.39 is 0 Å². The molecule has 0 spiro atoms. The molecule has 0 heterocycles. The van der Waals surface area contributed by atoms with Gasteiger partial charge >= 0.3 is 0 Å². The minimum absolute atomic E-state index is 0.495. The van der Waals surface area contributed by atoms with Crippen LogP contribution in [0, 0.1) is 0 Å². The highest BCUT2D eigenvalue weighted by Gasteiger charge is 2.15. The van der Waals surface area contributed by atoms with Crippen molar-refractivity contribution in [1.82, 2.24) is 0 Å². The molecule has 0 saturated heterocycles. The van der Waals surface area contributed by atoms with E-state index in [-0.39, 0.29) is 0 Å². The van der Waals surface area contributed by atoms with Crippen molar-refractivity contribution in [2.45, 2.75) is 0 Å². The number of para-hydroxylation sites is 3. The molecular formula is C36H28N2. The first-order valence-corrected chi connectivity index (χ1v) is 12.8. The third-order valence-electron chi connectivity index (χ3n) is 6.59. The molecule has 182 valence electrons. The van der Waals surface area contributed by atoms with E-state index >= 15 is 0 Å². The van der Waals surface area contributed by atoms with Crippen molar-refractivity contribution in [3.63, 3.8) is 0 Å². The first kappa shape index (κ1) is 22.1. The summed E-state index contributed by atoms with van der Waals surface area (Å²) in [6, 6.07) is 56.7. The molecule has 2 heteroatoms. The van der Waals surface area contributed by atoms with E-state index in [1.165, 1.54) is 11.1 Å². The number of benzene rings is 6. The fourth-order valence-electron chi connectivity index (χ4n) is 4.76. The van der Waals surface area contributed by atoms with E-state index in [9.17, 15) is 0 Å². The van der Waals surface area contributed by atoms with Crippen molar-refractivity contribution in [3.8, 4) is 11.1 Å². The normalized spacial score (nSPS) is 11.0. The minimum atomic E-state index is 0.495. The summed E-state index contributed by atoms with van der Waals surface area (Å²) >= 11 is 0. The molecular weight excluding hydrogens is 460 g/mol. The van der Waals surface area contributed by atoms with Gasteiger partial charge in [0.25, 0.3) is 0 Å². The summed E-state index contributed by atoms with van der Waals surface area (Å²) in [5, 5.41) is 0. The van der Waals surface area contributed by atoms with E-state index in [2.05, 4.69) is 131 Å². The van der Waals surface area contributed by atoms with Gasteiger partial charge in [-0.25, -0.2) is 0 Å². The van der Waals surface area contributed by atoms with Gasteiger partial charge < -0.3 is 9.80 Å². The monoisotopic (exact) mass is 490 g/mol. The molecule has 0 N–H and O–H groups in total. The highest BCUT2D eigenvalue weighted by atomic mass is 15.2. The van der Waals surface area contributed by atoms with Crippen LogP contribution in [0.5, 0.6) is 0 Å². The van der Waals surface area contributed by atoms with Gasteiger partial charge in [-0.15, -0.1) is 0 Å². The van der Waals surface area contributed by atoms with Gasteiger partial charge in [0.15, 0.2) is 0 Å². The van der Waals surface area contributed by atoms with Crippen molar-refractivity contribution < 1.29 is 1.37 Å². The molecule has 0 bridgehead atoms. The molecule has 0 amide bonds. The molecule has 0 aromatic heterocycles. The van der Waals surface area contributed by atoms with E-state index in [0.717, 1.165) is 34.1 Å². The largest absolute Gasteiger partial charge is 0.311 e. The molecule has 6 rings (SSSR count). The summed E-state index contributed by atoms with van der Waals surface area (Å²) in [6.07, 6.45) is 0. The molecule has 0 fully saturated rings. The lowest BCUT2D eigenvalue weighted by molar-refractivity contribution is 1.26. The van der Waals surface area contributed by atoms with Crippen LogP contribution in [0.25, 0.3) is 11.1 Å². The summed E-state index contributed by atoms with van der Waals surface area (Å²) < 4.78 is 7.98. The highest BCUT2D eigenvalue weighted by molar-refractivity contribution is 5.81. The lowest BCUT2D eigenvalue weighted by atomic mass is 10.0. The first-order valence-electron chi connectivity index (χ1n) is 13.3. The Morgan fingerprint density at radius 1 is 0.289 bits per heavy atom. The van der Waals surface area contributed by atoms with Crippen LogP contribution in [0.15, 0.2) is 170 Å². The average molecular weight is 491 g/mol. The summed E-state index contributed by atoms with van der Waals surface area (Å²) in [5.41, 5.74) is 8.78. The van der Waals surface area contributed by atoms with Crippen LogP contribution in [0.3, 0.4) is 0 Å². The van der Waals surface area contributed by atoms with Crippen LogP contribution < -0.4 is 9.80 Å². The van der Waals surface area contributed by atoms with Gasteiger partial charge in [0, 0.05) is 34.1 Å². The van der Waals surface area contributed by atoms with Gasteiger partial charge in [0.2, 0.25) is 0 Å². The Hall–Kier alpha value is -5.08. The molecule has 6 aromatic carbocycles. The smallest absolute Gasteiger partial charge is 0.0623 e. The molecule has 0 unspecified atom stereocenters. The third-order valence-corrected chi connectivity index (χ3v) is 6.59. The lowest BCUT2D eigenvalue weighted by Gasteiger charge is -2.28. The Morgan fingerprint density at radius 3 is 1.00 bits per heavy atom. The summed E-state index contributed by atoms with van der Waals surface area (Å²) in [5.74, 6) is 0. The van der Waals surface area contributed by atoms with Crippen molar-refractivity contribution in [2.24, 2.45) is 0 Å². The predicted molar refractivity (Wildman–Crippen MR) is 161 cm³/mol. The summed E-state index contributed by atoms with van der Waals surface area (Å²) in [7, 11) is 0. The third kappa shape index (κ3) is 4.93. The number of nitrogens with zero attached hydrogens (tertiary/aromatic N) is 2. The van der Waals surface area contributed by atoms with Crippen molar-refractivity contribution >= 4 is 34.1 Å². The number of anilines is 6. The van der Waals surface area contributed by atoms with Gasteiger partial charge in [0.05, 0.1) is 1.37 Å². The maximum atomic E-state index is 7.98. The zero-order valence-corrected chi connectivity index (χ0v) is 21.0. The van der Waals surface area contributed by atoms with Crippen LogP contribution >= 0.6 is 0 Å². The minimum Gasteiger partial charge on any atom is -0.311 e. The topological polar surface area (TPSA) is 6.48 Å². The van der Waals surface area contributed by atoms with Gasteiger partial charge in [-0.2, -0.15) is 0 Å². The zero-order chi connectivity index (χ0) is 26.4. The lowest BCUT2D eigenvalue weighted by Crippen LogP contribution is -2.12. The number of rotatable bonds is 7. The molecule has 6 aromatic rings. The summed E-state index contributed by atoms with van der Waals surface area (Å²) in [6.45, 7) is 0. The van der Waals surface area contributed by atoms with E-state index in [1.54, 1.807) is 0 Å². The number of hydrogen-bond acceptors (Lipinski definition) is 2. The van der Waals surface area contributed by atoms with Crippen LogP contribution in [0.4, 0.5) is 34.1 Å². The van der Waals surface area contributed by atoms with E-state index in [4.69, 9.17) is 1.37 Å². The maximum Gasteiger partial charge on any atom is 0.0623 e. The molecule has 0 atom stereocenters. The zero-order valence-electron chi connectivity index (χ0n) is 22.0. The van der Waals surface area contributed by atoms with E-state index in [0.29, 0.717) is 6.04 Å². The van der Waals surface area contributed by atoms with Crippen molar-refractivity contribution in [3.05, 3.63) is 170 Å². The van der Waals surface area contributed by atoms with Gasteiger partial charge in [-0.1, -0.05) is 97.0 Å². The van der Waals surface area contributed by atoms with E-state index in [1.807, 2.05) is 42.5 Å². The molecule has 38 heavy (non-hydrogen) atoms. The second kappa shape index (κ2) is 10.9. The second-order valence-electron chi connectivity index (χ2n) is 9.03.